The Morgan fingerprint density at radius 3 is 2.29 bits per heavy atom. The number of benzene rings is 2. The third kappa shape index (κ3) is 3.36. The van der Waals surface area contributed by atoms with Gasteiger partial charge in [-0.3, -0.25) is 9.59 Å². The van der Waals surface area contributed by atoms with Gasteiger partial charge in [-0.1, -0.05) is 37.3 Å². The van der Waals surface area contributed by atoms with Crippen molar-refractivity contribution in [3.8, 4) is 0 Å². The number of carbonyl (C=O) groups excluding carboxylic acids is 1. The van der Waals surface area contributed by atoms with Gasteiger partial charge in [-0.25, -0.2) is 4.52 Å². The second-order valence-electron chi connectivity index (χ2n) is 7.89. The van der Waals surface area contributed by atoms with Crippen molar-refractivity contribution in [2.45, 2.75) is 19.9 Å². The maximum Gasteiger partial charge on any atom is 0.277 e. The molecule has 0 radical (unpaired) electrons. The van der Waals surface area contributed by atoms with Crippen molar-refractivity contribution >= 4 is 28.1 Å². The summed E-state index contributed by atoms with van der Waals surface area (Å²) in [6, 6.07) is 19.6. The van der Waals surface area contributed by atoms with Crippen LogP contribution in [0.15, 0.2) is 65.5 Å². The van der Waals surface area contributed by atoms with E-state index in [2.05, 4.69) is 22.1 Å². The van der Waals surface area contributed by atoms with E-state index >= 15 is 0 Å². The van der Waals surface area contributed by atoms with E-state index in [1.54, 1.807) is 15.1 Å². The van der Waals surface area contributed by atoms with Crippen LogP contribution in [0.3, 0.4) is 0 Å². The minimum Gasteiger partial charge on any atom is -0.368 e. The molecule has 1 aliphatic rings. The van der Waals surface area contributed by atoms with Crippen LogP contribution in [0.4, 0.5) is 5.69 Å². The molecule has 0 saturated carbocycles. The summed E-state index contributed by atoms with van der Waals surface area (Å²) < 4.78 is 3.40. The molecule has 31 heavy (non-hydrogen) atoms. The number of hydrogen-bond acceptors (Lipinski definition) is 4. The van der Waals surface area contributed by atoms with Gasteiger partial charge in [0, 0.05) is 44.5 Å². The Morgan fingerprint density at radius 2 is 1.58 bits per heavy atom. The molecule has 2 aromatic carbocycles. The highest BCUT2D eigenvalue weighted by Crippen LogP contribution is 2.19. The van der Waals surface area contributed by atoms with Crippen molar-refractivity contribution in [2.24, 2.45) is 0 Å². The fourth-order valence-electron chi connectivity index (χ4n) is 4.35. The van der Waals surface area contributed by atoms with Crippen LogP contribution < -0.4 is 10.5 Å². The minimum absolute atomic E-state index is 0.110. The zero-order chi connectivity index (χ0) is 21.4. The van der Waals surface area contributed by atoms with E-state index in [1.165, 1.54) is 5.69 Å². The SMILES string of the molecule is CCCn1c(=O)c2cc(C(=O)N3CCN(c4ccccc4)CC3)nn2c2ccccc21. The molecule has 0 unspecified atom stereocenters. The van der Waals surface area contributed by atoms with Crippen LogP contribution in [0.25, 0.3) is 16.6 Å². The second-order valence-corrected chi connectivity index (χ2v) is 7.89. The molecule has 158 valence electrons. The van der Waals surface area contributed by atoms with E-state index < -0.39 is 0 Å². The number of piperazine rings is 1. The lowest BCUT2D eigenvalue weighted by Gasteiger charge is -2.35. The molecule has 0 atom stereocenters. The fourth-order valence-corrected chi connectivity index (χ4v) is 4.35. The quantitative estimate of drug-likeness (QED) is 0.514. The fraction of sp³-hybridized carbons (Fsp3) is 0.292. The summed E-state index contributed by atoms with van der Waals surface area (Å²) in [5.74, 6) is -0.123. The molecular formula is C24H25N5O2. The molecule has 7 heteroatoms. The summed E-state index contributed by atoms with van der Waals surface area (Å²) in [6.45, 7) is 5.48. The van der Waals surface area contributed by atoms with Crippen molar-refractivity contribution in [3.63, 3.8) is 0 Å². The maximum absolute atomic E-state index is 13.2. The first-order valence-corrected chi connectivity index (χ1v) is 10.8. The van der Waals surface area contributed by atoms with Gasteiger partial charge in [0.2, 0.25) is 0 Å². The van der Waals surface area contributed by atoms with E-state index in [1.807, 2.05) is 54.3 Å². The highest BCUT2D eigenvalue weighted by Gasteiger charge is 2.25. The van der Waals surface area contributed by atoms with Crippen LogP contribution >= 0.6 is 0 Å². The third-order valence-corrected chi connectivity index (χ3v) is 5.93. The normalized spacial score (nSPS) is 14.5. The first-order chi connectivity index (χ1) is 15.2. The Hall–Kier alpha value is -3.61. The molecule has 1 amide bonds. The van der Waals surface area contributed by atoms with E-state index in [0.717, 1.165) is 30.5 Å². The summed E-state index contributed by atoms with van der Waals surface area (Å²) in [5.41, 5.74) is 3.49. The Kier molecular flexibility index (Phi) is 4.94. The Bertz CT molecular complexity index is 1300. The first-order valence-electron chi connectivity index (χ1n) is 10.8. The van der Waals surface area contributed by atoms with Gasteiger partial charge < -0.3 is 14.4 Å². The lowest BCUT2D eigenvalue weighted by atomic mass is 10.2. The predicted octanol–water partition coefficient (Wildman–Crippen LogP) is 3.02. The van der Waals surface area contributed by atoms with Crippen molar-refractivity contribution in [1.29, 1.82) is 0 Å². The third-order valence-electron chi connectivity index (χ3n) is 5.93. The van der Waals surface area contributed by atoms with Gasteiger partial charge >= 0.3 is 0 Å². The number of rotatable bonds is 4. The van der Waals surface area contributed by atoms with Gasteiger partial charge in [-0.2, -0.15) is 5.10 Å². The molecule has 1 fully saturated rings. The number of hydrogen-bond donors (Lipinski definition) is 0. The van der Waals surface area contributed by atoms with Gasteiger partial charge in [0.05, 0.1) is 11.0 Å². The standard InChI is InChI=1S/C24H25N5O2/c1-2-12-28-20-10-6-7-11-21(20)29-22(24(28)31)17-19(25-29)23(30)27-15-13-26(14-16-27)18-8-4-3-5-9-18/h3-11,17H,2,12-16H2,1H3. The van der Waals surface area contributed by atoms with Crippen LogP contribution in [-0.4, -0.2) is 51.2 Å². The molecule has 0 bridgehead atoms. The lowest BCUT2D eigenvalue weighted by Crippen LogP contribution is -2.48. The number of aromatic nitrogens is 3. The molecular weight excluding hydrogens is 390 g/mol. The van der Waals surface area contributed by atoms with Gasteiger partial charge in [-0.05, 0) is 30.7 Å². The Morgan fingerprint density at radius 1 is 0.903 bits per heavy atom. The Labute approximate surface area is 180 Å². The lowest BCUT2D eigenvalue weighted by molar-refractivity contribution is 0.0740. The maximum atomic E-state index is 13.2. The van der Waals surface area contributed by atoms with Crippen LogP contribution in [0.1, 0.15) is 23.8 Å². The molecule has 1 aliphatic heterocycles. The number of para-hydroxylation sites is 3. The van der Waals surface area contributed by atoms with Gasteiger partial charge in [-0.15, -0.1) is 0 Å². The highest BCUT2D eigenvalue weighted by molar-refractivity contribution is 5.94. The average Bonchev–Trinajstić information content (AvgIpc) is 3.28. The van der Waals surface area contributed by atoms with E-state index in [9.17, 15) is 9.59 Å². The summed E-state index contributed by atoms with van der Waals surface area (Å²) >= 11 is 0. The van der Waals surface area contributed by atoms with E-state index in [4.69, 9.17) is 0 Å². The van der Waals surface area contributed by atoms with Crippen LogP contribution in [0, 0.1) is 0 Å². The molecule has 3 heterocycles. The number of amides is 1. The molecule has 0 spiro atoms. The van der Waals surface area contributed by atoms with Gasteiger partial charge in [0.1, 0.15) is 5.52 Å². The van der Waals surface area contributed by atoms with Gasteiger partial charge in [0.25, 0.3) is 11.5 Å². The zero-order valence-electron chi connectivity index (χ0n) is 17.6. The van der Waals surface area contributed by atoms with Crippen LogP contribution in [0.2, 0.25) is 0 Å². The van der Waals surface area contributed by atoms with Crippen molar-refractivity contribution < 1.29 is 4.79 Å². The highest BCUT2D eigenvalue weighted by atomic mass is 16.2. The number of fused-ring (bicyclic) bond motifs is 3. The number of nitrogens with zero attached hydrogens (tertiary/aromatic N) is 5. The number of anilines is 1. The van der Waals surface area contributed by atoms with Crippen molar-refractivity contribution in [3.05, 3.63) is 76.7 Å². The van der Waals surface area contributed by atoms with Crippen LogP contribution in [-0.2, 0) is 6.54 Å². The summed E-state index contributed by atoms with van der Waals surface area (Å²) in [7, 11) is 0. The molecule has 5 rings (SSSR count). The zero-order valence-corrected chi connectivity index (χ0v) is 17.6. The molecule has 0 N–H and O–H groups in total. The summed E-state index contributed by atoms with van der Waals surface area (Å²) in [5, 5.41) is 4.55. The molecule has 7 nitrogen and oxygen atoms in total. The largest absolute Gasteiger partial charge is 0.368 e. The summed E-state index contributed by atoms with van der Waals surface area (Å²) in [6.07, 6.45) is 0.853. The molecule has 4 aromatic rings. The predicted molar refractivity (Wildman–Crippen MR) is 122 cm³/mol. The minimum atomic E-state index is -0.123. The Balaban J connectivity index is 1.46. The van der Waals surface area contributed by atoms with Crippen molar-refractivity contribution in [1.82, 2.24) is 19.1 Å². The number of carbonyl (C=O) groups is 1. The average molecular weight is 415 g/mol. The molecule has 1 saturated heterocycles. The van der Waals surface area contributed by atoms with Crippen molar-refractivity contribution in [2.75, 3.05) is 31.1 Å². The topological polar surface area (TPSA) is 62.9 Å². The smallest absolute Gasteiger partial charge is 0.277 e. The number of aryl methyl sites for hydroxylation is 1. The van der Waals surface area contributed by atoms with Gasteiger partial charge in [0.15, 0.2) is 5.69 Å². The van der Waals surface area contributed by atoms with E-state index in [0.29, 0.717) is 30.8 Å². The van der Waals surface area contributed by atoms with Crippen LogP contribution in [0.5, 0.6) is 0 Å². The first kappa shape index (κ1) is 19.4. The monoisotopic (exact) mass is 415 g/mol. The molecule has 0 aliphatic carbocycles. The second kappa shape index (κ2) is 7.91. The molecule has 2 aromatic heterocycles. The summed E-state index contributed by atoms with van der Waals surface area (Å²) in [4.78, 5) is 30.4. The van der Waals surface area contributed by atoms with E-state index in [-0.39, 0.29) is 11.5 Å².